The molecule has 3 nitrogen and oxygen atoms in total. The number of hydrogen-bond acceptors (Lipinski definition) is 3. The molecular formula is C17H27N3. The molecular weight excluding hydrogens is 246 g/mol. The normalized spacial score (nSPS) is 29.6. The molecule has 0 saturated heterocycles. The number of fused-ring (bicyclic) bond motifs is 2. The number of rotatable bonds is 5. The first-order valence-corrected chi connectivity index (χ1v) is 8.01. The fraction of sp³-hybridized carbons (Fsp3) is 0.706. The largest absolute Gasteiger partial charge is 0.373 e. The van der Waals surface area contributed by atoms with E-state index in [9.17, 15) is 0 Å². The van der Waals surface area contributed by atoms with Crippen molar-refractivity contribution in [2.24, 2.45) is 17.8 Å². The molecule has 2 aliphatic rings. The van der Waals surface area contributed by atoms with Crippen LogP contribution in [0.3, 0.4) is 0 Å². The maximum Gasteiger partial charge on any atom is 0.0571 e. The van der Waals surface area contributed by atoms with Crippen molar-refractivity contribution in [3.05, 3.63) is 24.0 Å². The standard InChI is InChI=1S/C17H27N3/c1-12(18-2)17-7-6-16(10-19-17)20(3)11-15-9-13-4-5-14(15)8-13/h6-7,10,12-15,18H,4-5,8-9,11H2,1-3H3. The van der Waals surface area contributed by atoms with Gasteiger partial charge < -0.3 is 10.2 Å². The van der Waals surface area contributed by atoms with Crippen molar-refractivity contribution >= 4 is 5.69 Å². The van der Waals surface area contributed by atoms with Crippen molar-refractivity contribution in [1.82, 2.24) is 10.3 Å². The Morgan fingerprint density at radius 3 is 2.75 bits per heavy atom. The SMILES string of the molecule is CNC(C)c1ccc(N(C)CC2CC3CCC2C3)cn1. The van der Waals surface area contributed by atoms with Crippen molar-refractivity contribution in [2.75, 3.05) is 25.5 Å². The first kappa shape index (κ1) is 13.9. The molecule has 0 radical (unpaired) electrons. The van der Waals surface area contributed by atoms with E-state index in [-0.39, 0.29) is 0 Å². The van der Waals surface area contributed by atoms with Crippen LogP contribution in [0.1, 0.15) is 44.3 Å². The van der Waals surface area contributed by atoms with E-state index in [0.717, 1.165) is 23.4 Å². The van der Waals surface area contributed by atoms with Gasteiger partial charge in [0, 0.05) is 19.6 Å². The summed E-state index contributed by atoms with van der Waals surface area (Å²) in [5, 5.41) is 3.23. The van der Waals surface area contributed by atoms with Gasteiger partial charge in [-0.2, -0.15) is 0 Å². The second kappa shape index (κ2) is 5.72. The molecule has 0 aromatic carbocycles. The zero-order chi connectivity index (χ0) is 14.1. The van der Waals surface area contributed by atoms with Crippen molar-refractivity contribution in [1.29, 1.82) is 0 Å². The topological polar surface area (TPSA) is 28.2 Å². The fourth-order valence-corrected chi connectivity index (χ4v) is 4.08. The minimum absolute atomic E-state index is 0.319. The van der Waals surface area contributed by atoms with Crippen LogP contribution in [0.2, 0.25) is 0 Å². The van der Waals surface area contributed by atoms with Crippen molar-refractivity contribution < 1.29 is 0 Å². The zero-order valence-corrected chi connectivity index (χ0v) is 13.0. The molecule has 1 aromatic rings. The average molecular weight is 273 g/mol. The van der Waals surface area contributed by atoms with Crippen LogP contribution >= 0.6 is 0 Å². The van der Waals surface area contributed by atoms with Crippen molar-refractivity contribution in [2.45, 2.75) is 38.6 Å². The number of pyridine rings is 1. The molecule has 110 valence electrons. The van der Waals surface area contributed by atoms with Gasteiger partial charge in [-0.25, -0.2) is 0 Å². The maximum absolute atomic E-state index is 4.59. The number of hydrogen-bond donors (Lipinski definition) is 1. The molecule has 3 rings (SSSR count). The van der Waals surface area contributed by atoms with Crippen LogP contribution in [0.4, 0.5) is 5.69 Å². The van der Waals surface area contributed by atoms with Gasteiger partial charge in [-0.05, 0) is 63.1 Å². The predicted octanol–water partition coefficient (Wildman–Crippen LogP) is 3.23. The smallest absolute Gasteiger partial charge is 0.0571 e. The lowest BCUT2D eigenvalue weighted by atomic mass is 9.88. The van der Waals surface area contributed by atoms with Gasteiger partial charge in [0.15, 0.2) is 0 Å². The van der Waals surface area contributed by atoms with Crippen molar-refractivity contribution in [3.8, 4) is 0 Å². The van der Waals surface area contributed by atoms with Gasteiger partial charge >= 0.3 is 0 Å². The van der Waals surface area contributed by atoms with Gasteiger partial charge in [0.25, 0.3) is 0 Å². The molecule has 3 heteroatoms. The third-order valence-corrected chi connectivity index (χ3v) is 5.48. The summed E-state index contributed by atoms with van der Waals surface area (Å²) in [5.74, 6) is 2.95. The van der Waals surface area contributed by atoms with Gasteiger partial charge in [-0.15, -0.1) is 0 Å². The Bertz CT molecular complexity index is 442. The number of anilines is 1. The summed E-state index contributed by atoms with van der Waals surface area (Å²) in [6.45, 7) is 3.34. The van der Waals surface area contributed by atoms with Gasteiger partial charge in [0.1, 0.15) is 0 Å². The molecule has 1 aromatic heterocycles. The van der Waals surface area contributed by atoms with E-state index in [1.165, 1.54) is 37.9 Å². The quantitative estimate of drug-likeness (QED) is 0.892. The van der Waals surface area contributed by atoms with Crippen LogP contribution in [0.25, 0.3) is 0 Å². The van der Waals surface area contributed by atoms with Crippen LogP contribution in [-0.4, -0.2) is 25.6 Å². The molecule has 2 bridgehead atoms. The van der Waals surface area contributed by atoms with Crippen LogP contribution in [0.5, 0.6) is 0 Å². The zero-order valence-electron chi connectivity index (χ0n) is 13.0. The highest BCUT2D eigenvalue weighted by molar-refractivity contribution is 5.44. The minimum atomic E-state index is 0.319. The Hall–Kier alpha value is -1.09. The second-order valence-corrected chi connectivity index (χ2v) is 6.77. The molecule has 2 saturated carbocycles. The van der Waals surface area contributed by atoms with Gasteiger partial charge in [0.05, 0.1) is 17.6 Å². The average Bonchev–Trinajstić information content (AvgIpc) is 3.09. The van der Waals surface area contributed by atoms with E-state index < -0.39 is 0 Å². The van der Waals surface area contributed by atoms with Gasteiger partial charge in [0.2, 0.25) is 0 Å². The molecule has 0 amide bonds. The molecule has 2 aliphatic carbocycles. The number of aromatic nitrogens is 1. The molecule has 0 aliphatic heterocycles. The molecule has 4 unspecified atom stereocenters. The molecule has 4 atom stereocenters. The fourth-order valence-electron chi connectivity index (χ4n) is 4.08. The van der Waals surface area contributed by atoms with Crippen molar-refractivity contribution in [3.63, 3.8) is 0 Å². The lowest BCUT2D eigenvalue weighted by Gasteiger charge is -2.28. The Kier molecular flexibility index (Phi) is 3.97. The van der Waals surface area contributed by atoms with E-state index in [0.29, 0.717) is 6.04 Å². The van der Waals surface area contributed by atoms with Crippen LogP contribution in [-0.2, 0) is 0 Å². The summed E-state index contributed by atoms with van der Waals surface area (Å²) in [6, 6.07) is 4.68. The molecule has 1 N–H and O–H groups in total. The molecule has 0 spiro atoms. The van der Waals surface area contributed by atoms with E-state index in [1.54, 1.807) is 0 Å². The molecule has 1 heterocycles. The molecule has 2 fully saturated rings. The molecule has 20 heavy (non-hydrogen) atoms. The number of nitrogens with one attached hydrogen (secondary N) is 1. The van der Waals surface area contributed by atoms with E-state index in [4.69, 9.17) is 0 Å². The lowest BCUT2D eigenvalue weighted by molar-refractivity contribution is 0.337. The highest BCUT2D eigenvalue weighted by Crippen LogP contribution is 2.48. The summed E-state index contributed by atoms with van der Waals surface area (Å²) >= 11 is 0. The van der Waals surface area contributed by atoms with Crippen LogP contribution in [0.15, 0.2) is 18.3 Å². The van der Waals surface area contributed by atoms with Gasteiger partial charge in [-0.1, -0.05) is 6.42 Å². The summed E-state index contributed by atoms with van der Waals surface area (Å²) in [5.41, 5.74) is 2.37. The van der Waals surface area contributed by atoms with E-state index >= 15 is 0 Å². The minimum Gasteiger partial charge on any atom is -0.373 e. The predicted molar refractivity (Wildman–Crippen MR) is 83.9 cm³/mol. The van der Waals surface area contributed by atoms with E-state index in [1.807, 2.05) is 13.2 Å². The third-order valence-electron chi connectivity index (χ3n) is 5.48. The van der Waals surface area contributed by atoms with Crippen LogP contribution in [0, 0.1) is 17.8 Å². The summed E-state index contributed by atoms with van der Waals surface area (Å²) in [6.07, 6.45) is 7.94. The summed E-state index contributed by atoms with van der Waals surface area (Å²) in [4.78, 5) is 6.98. The van der Waals surface area contributed by atoms with Crippen LogP contribution < -0.4 is 10.2 Å². The van der Waals surface area contributed by atoms with Gasteiger partial charge in [-0.3, -0.25) is 4.98 Å². The highest BCUT2D eigenvalue weighted by atomic mass is 15.1. The number of nitrogens with zero attached hydrogens (tertiary/aromatic N) is 2. The monoisotopic (exact) mass is 273 g/mol. The Balaban J connectivity index is 1.61. The summed E-state index contributed by atoms with van der Waals surface area (Å²) < 4.78 is 0. The Morgan fingerprint density at radius 1 is 1.35 bits per heavy atom. The summed E-state index contributed by atoms with van der Waals surface area (Å²) in [7, 11) is 4.19. The first-order valence-electron chi connectivity index (χ1n) is 8.01. The third kappa shape index (κ3) is 2.69. The first-order chi connectivity index (χ1) is 9.67. The Morgan fingerprint density at radius 2 is 2.20 bits per heavy atom. The Labute approximate surface area is 122 Å². The lowest BCUT2D eigenvalue weighted by Crippen LogP contribution is -2.28. The van der Waals surface area contributed by atoms with E-state index in [2.05, 4.69) is 41.3 Å². The second-order valence-electron chi connectivity index (χ2n) is 6.77. The highest BCUT2D eigenvalue weighted by Gasteiger charge is 2.39. The maximum atomic E-state index is 4.59.